The van der Waals surface area contributed by atoms with E-state index in [1.807, 2.05) is 0 Å². The van der Waals surface area contributed by atoms with Crippen LogP contribution in [-0.2, 0) is 32.7 Å². The number of carbonyl (C=O) groups is 2. The van der Waals surface area contributed by atoms with Crippen LogP contribution in [0.25, 0.3) is 0 Å². The lowest BCUT2D eigenvalue weighted by molar-refractivity contribution is -0.161. The molecule has 10 heteroatoms. The number of carbonyl (C=O) groups excluding carboxylic acids is 2. The first kappa shape index (κ1) is 69.5. The van der Waals surface area contributed by atoms with Gasteiger partial charge in [0.05, 0.1) is 13.2 Å². The van der Waals surface area contributed by atoms with Crippen molar-refractivity contribution >= 4 is 19.8 Å². The van der Waals surface area contributed by atoms with Gasteiger partial charge < -0.3 is 20.1 Å². The standard InChI is InChI=1S/C61H118NO8P/c1-3-5-7-9-11-13-15-17-19-21-23-24-25-26-27-28-29-30-31-32-33-34-36-37-39-41-43-45-47-49-51-53-60(63)67-57-59(58-69-71(65,66)68-56-55-62)70-61(64)54-52-50-48-46-44-42-40-38-35-22-20-18-16-14-12-10-8-6-4-2/h12,14,18,20,59H,3-11,13,15-17,19,21-58,62H2,1-2H3,(H,65,66)/b14-12-,20-18-. The van der Waals surface area contributed by atoms with Crippen molar-refractivity contribution in [2.75, 3.05) is 26.4 Å². The monoisotopic (exact) mass is 1020 g/mol. The molecule has 420 valence electrons. The van der Waals surface area contributed by atoms with Gasteiger partial charge in [0.25, 0.3) is 0 Å². The van der Waals surface area contributed by atoms with Crippen molar-refractivity contribution in [1.82, 2.24) is 0 Å². The van der Waals surface area contributed by atoms with Gasteiger partial charge in [-0.15, -0.1) is 0 Å². The summed E-state index contributed by atoms with van der Waals surface area (Å²) in [6, 6.07) is 0. The van der Waals surface area contributed by atoms with Gasteiger partial charge in [0.2, 0.25) is 0 Å². The highest BCUT2D eigenvalue weighted by Gasteiger charge is 2.26. The van der Waals surface area contributed by atoms with Gasteiger partial charge in [0.1, 0.15) is 6.61 Å². The van der Waals surface area contributed by atoms with Crippen LogP contribution < -0.4 is 5.73 Å². The Morgan fingerprint density at radius 2 is 0.732 bits per heavy atom. The average Bonchev–Trinajstić information content (AvgIpc) is 3.36. The molecule has 71 heavy (non-hydrogen) atoms. The molecule has 0 bridgehead atoms. The Kier molecular flexibility index (Phi) is 56.5. The lowest BCUT2D eigenvalue weighted by atomic mass is 10.0. The summed E-state index contributed by atoms with van der Waals surface area (Å²) in [6.45, 7) is 3.77. The third-order valence-corrected chi connectivity index (χ3v) is 14.8. The first-order valence-corrected chi connectivity index (χ1v) is 32.3. The minimum Gasteiger partial charge on any atom is -0.462 e. The molecule has 2 unspecified atom stereocenters. The van der Waals surface area contributed by atoms with Gasteiger partial charge in [0.15, 0.2) is 6.10 Å². The molecule has 0 aromatic rings. The molecule has 3 N–H and O–H groups in total. The molecule has 0 heterocycles. The Morgan fingerprint density at radius 3 is 1.10 bits per heavy atom. The molecular weight excluding hydrogens is 906 g/mol. The summed E-state index contributed by atoms with van der Waals surface area (Å²) in [5.41, 5.74) is 5.38. The predicted octanol–water partition coefficient (Wildman–Crippen LogP) is 19.4. The molecule has 0 aromatic heterocycles. The van der Waals surface area contributed by atoms with E-state index in [1.165, 1.54) is 238 Å². The van der Waals surface area contributed by atoms with Crippen LogP contribution in [0.3, 0.4) is 0 Å². The molecule has 0 aliphatic carbocycles. The van der Waals surface area contributed by atoms with Gasteiger partial charge in [-0.2, -0.15) is 0 Å². The van der Waals surface area contributed by atoms with Crippen molar-refractivity contribution in [2.24, 2.45) is 5.73 Å². The van der Waals surface area contributed by atoms with Crippen LogP contribution in [0.2, 0.25) is 0 Å². The zero-order chi connectivity index (χ0) is 51.7. The zero-order valence-electron chi connectivity index (χ0n) is 47.0. The van der Waals surface area contributed by atoms with Crippen molar-refractivity contribution in [3.8, 4) is 0 Å². The van der Waals surface area contributed by atoms with Crippen LogP contribution in [0.15, 0.2) is 24.3 Å². The molecule has 0 saturated heterocycles. The summed E-state index contributed by atoms with van der Waals surface area (Å²) < 4.78 is 33.1. The quantitative estimate of drug-likeness (QED) is 0.0264. The molecule has 0 saturated carbocycles. The average molecular weight is 1020 g/mol. The Labute approximate surface area is 440 Å². The van der Waals surface area contributed by atoms with Crippen LogP contribution in [0, 0.1) is 0 Å². The number of hydrogen-bond acceptors (Lipinski definition) is 8. The van der Waals surface area contributed by atoms with Gasteiger partial charge in [0, 0.05) is 19.4 Å². The van der Waals surface area contributed by atoms with Gasteiger partial charge >= 0.3 is 19.8 Å². The van der Waals surface area contributed by atoms with Crippen LogP contribution in [-0.4, -0.2) is 49.3 Å². The van der Waals surface area contributed by atoms with Crippen molar-refractivity contribution in [3.05, 3.63) is 24.3 Å². The Hall–Kier alpha value is -1.51. The fourth-order valence-corrected chi connectivity index (χ4v) is 10.0. The number of unbranched alkanes of at least 4 members (excludes halogenated alkanes) is 42. The maximum absolute atomic E-state index is 12.7. The van der Waals surface area contributed by atoms with Gasteiger partial charge in [-0.25, -0.2) is 4.57 Å². The van der Waals surface area contributed by atoms with E-state index in [4.69, 9.17) is 24.3 Å². The van der Waals surface area contributed by atoms with Crippen molar-refractivity contribution in [2.45, 2.75) is 328 Å². The molecule has 0 aromatic carbocycles. The highest BCUT2D eigenvalue weighted by molar-refractivity contribution is 7.47. The number of nitrogens with two attached hydrogens (primary N) is 1. The van der Waals surface area contributed by atoms with Crippen molar-refractivity contribution in [1.29, 1.82) is 0 Å². The fraction of sp³-hybridized carbons (Fsp3) is 0.902. The first-order valence-electron chi connectivity index (χ1n) is 30.8. The van der Waals surface area contributed by atoms with Crippen molar-refractivity contribution < 1.29 is 37.6 Å². The molecule has 0 rings (SSSR count). The minimum absolute atomic E-state index is 0.0548. The van der Waals surface area contributed by atoms with Crippen LogP contribution in [0.4, 0.5) is 0 Å². The number of hydrogen-bond donors (Lipinski definition) is 2. The third kappa shape index (κ3) is 57.6. The second kappa shape index (κ2) is 57.8. The summed E-state index contributed by atoms with van der Waals surface area (Å²) in [6.07, 6.45) is 68.3. The largest absolute Gasteiger partial charge is 0.472 e. The molecule has 0 amide bonds. The summed E-state index contributed by atoms with van der Waals surface area (Å²) in [5, 5.41) is 0. The third-order valence-electron chi connectivity index (χ3n) is 13.8. The second-order valence-electron chi connectivity index (χ2n) is 20.9. The Balaban J connectivity index is 3.84. The van der Waals surface area contributed by atoms with Gasteiger partial charge in [-0.3, -0.25) is 18.6 Å². The molecule has 0 aliphatic heterocycles. The first-order chi connectivity index (χ1) is 34.8. The van der Waals surface area contributed by atoms with E-state index >= 15 is 0 Å². The van der Waals surface area contributed by atoms with Crippen molar-refractivity contribution in [3.63, 3.8) is 0 Å². The van der Waals surface area contributed by atoms with Gasteiger partial charge in [-0.1, -0.05) is 289 Å². The Morgan fingerprint density at radius 1 is 0.423 bits per heavy atom. The van der Waals surface area contributed by atoms with Crippen LogP contribution >= 0.6 is 7.82 Å². The lowest BCUT2D eigenvalue weighted by Gasteiger charge is -2.19. The number of rotatable bonds is 59. The van der Waals surface area contributed by atoms with E-state index in [-0.39, 0.29) is 38.6 Å². The summed E-state index contributed by atoms with van der Waals surface area (Å²) in [5.74, 6) is -0.815. The highest BCUT2D eigenvalue weighted by Crippen LogP contribution is 2.43. The zero-order valence-corrected chi connectivity index (χ0v) is 47.9. The molecular formula is C61H118NO8P. The topological polar surface area (TPSA) is 134 Å². The molecule has 0 spiro atoms. The lowest BCUT2D eigenvalue weighted by Crippen LogP contribution is -2.29. The number of phosphoric ester groups is 1. The molecule has 0 fully saturated rings. The van der Waals surface area contributed by atoms with Gasteiger partial charge in [-0.05, 0) is 44.9 Å². The summed E-state index contributed by atoms with van der Waals surface area (Å²) in [4.78, 5) is 35.2. The van der Waals surface area contributed by atoms with E-state index < -0.39 is 26.5 Å². The summed E-state index contributed by atoms with van der Waals surface area (Å²) in [7, 11) is -4.39. The summed E-state index contributed by atoms with van der Waals surface area (Å²) >= 11 is 0. The van der Waals surface area contributed by atoms with E-state index in [1.54, 1.807) is 0 Å². The molecule has 0 radical (unpaired) electrons. The number of ether oxygens (including phenoxy) is 2. The highest BCUT2D eigenvalue weighted by atomic mass is 31.2. The molecule has 0 aliphatic rings. The smallest absolute Gasteiger partial charge is 0.462 e. The van der Waals surface area contributed by atoms with E-state index in [0.29, 0.717) is 6.42 Å². The normalized spacial score (nSPS) is 13.1. The van der Waals surface area contributed by atoms with Crippen LogP contribution in [0.5, 0.6) is 0 Å². The predicted molar refractivity (Wildman–Crippen MR) is 303 cm³/mol. The van der Waals surface area contributed by atoms with Crippen LogP contribution in [0.1, 0.15) is 322 Å². The minimum atomic E-state index is -4.39. The van der Waals surface area contributed by atoms with E-state index in [0.717, 1.165) is 51.4 Å². The SMILES string of the molecule is CCCCC/C=C\C/C=C\CCCCCCCCCCCC(=O)OC(COC(=O)CCCCCCCCCCCCCCCCCCCCCCCCCCCCCCCCC)COP(=O)(O)OCCN. The number of esters is 2. The molecule has 2 atom stereocenters. The van der Waals surface area contributed by atoms with E-state index in [2.05, 4.69) is 38.2 Å². The fourth-order valence-electron chi connectivity index (χ4n) is 9.26. The Bertz CT molecular complexity index is 1210. The number of allylic oxidation sites excluding steroid dienone is 4. The maximum atomic E-state index is 12.7. The molecule has 9 nitrogen and oxygen atoms in total. The maximum Gasteiger partial charge on any atom is 0.472 e. The van der Waals surface area contributed by atoms with E-state index in [9.17, 15) is 19.0 Å². The number of phosphoric acid groups is 1. The second-order valence-corrected chi connectivity index (χ2v) is 22.4.